The largest absolute Gasteiger partial charge is 0.454 e. The van der Waals surface area contributed by atoms with Crippen molar-refractivity contribution in [3.63, 3.8) is 0 Å². The maximum atomic E-state index is 14.8. The summed E-state index contributed by atoms with van der Waals surface area (Å²) in [7, 11) is 0. The number of aliphatic hydroxyl groups is 1. The van der Waals surface area contributed by atoms with E-state index in [4.69, 9.17) is 9.84 Å². The second kappa shape index (κ2) is 10.1. The number of benzene rings is 2. The minimum atomic E-state index is -0.559. The van der Waals surface area contributed by atoms with Gasteiger partial charge in [0.15, 0.2) is 11.6 Å². The number of pyridine rings is 1. The first kappa shape index (κ1) is 22.8. The number of aliphatic hydroxyl groups excluding tert-OH is 1. The van der Waals surface area contributed by atoms with Crippen LogP contribution in [0.25, 0.3) is 16.6 Å². The van der Waals surface area contributed by atoms with E-state index < -0.39 is 11.7 Å². The summed E-state index contributed by atoms with van der Waals surface area (Å²) in [4.78, 5) is 24.7. The number of fused-ring (bicyclic) bond motifs is 2. The lowest BCUT2D eigenvalue weighted by Crippen LogP contribution is -2.08. The van der Waals surface area contributed by atoms with Crippen LogP contribution in [0.4, 0.5) is 21.6 Å². The summed E-state index contributed by atoms with van der Waals surface area (Å²) in [5.74, 6) is 4.87. The highest BCUT2D eigenvalue weighted by atomic mass is 19.1. The van der Waals surface area contributed by atoms with Gasteiger partial charge in [-0.2, -0.15) is 0 Å². The van der Waals surface area contributed by atoms with Gasteiger partial charge < -0.3 is 24.9 Å². The average molecular weight is 482 g/mol. The van der Waals surface area contributed by atoms with Crippen LogP contribution in [0.2, 0.25) is 0 Å². The molecule has 3 N–H and O–H groups in total. The molecule has 1 amide bonds. The second-order valence-electron chi connectivity index (χ2n) is 7.61. The molecule has 5 aromatic rings. The standard InChI is InChI=1S/C26H19FN6O3/c27-21-14-18(5-7-23(21)36-19-8-10-33-11-9-28-24(33)15-19)32-26-20-13-17(4-6-22(20)29-16-30-26)31-25(35)3-1-2-12-34/h4-11,13-16,34H,2,12H2,(H,31,35)(H,29,30,32). The average Bonchev–Trinajstić information content (AvgIpc) is 3.34. The highest BCUT2D eigenvalue weighted by molar-refractivity contribution is 6.05. The number of hydrogen-bond donors (Lipinski definition) is 3. The Balaban J connectivity index is 1.35. The molecule has 0 atom stereocenters. The molecule has 5 rings (SSSR count). The van der Waals surface area contributed by atoms with E-state index in [9.17, 15) is 9.18 Å². The highest BCUT2D eigenvalue weighted by Crippen LogP contribution is 2.30. The molecular weight excluding hydrogens is 463 g/mol. The zero-order chi connectivity index (χ0) is 24.9. The van der Waals surface area contributed by atoms with Gasteiger partial charge in [-0.05, 0) is 42.3 Å². The van der Waals surface area contributed by atoms with Crippen molar-refractivity contribution in [3.05, 3.63) is 79.3 Å². The van der Waals surface area contributed by atoms with Crippen LogP contribution in [0.15, 0.2) is 73.4 Å². The third kappa shape index (κ3) is 5.06. The summed E-state index contributed by atoms with van der Waals surface area (Å²) in [6.45, 7) is -0.114. The summed E-state index contributed by atoms with van der Waals surface area (Å²) in [5.41, 5.74) is 2.27. The number of carbonyl (C=O) groups excluding carboxylic acids is 1. The zero-order valence-electron chi connectivity index (χ0n) is 18.8. The van der Waals surface area contributed by atoms with E-state index in [1.54, 1.807) is 55.0 Å². The number of amides is 1. The SMILES string of the molecule is O=C(C#CCCO)Nc1ccc2ncnc(Nc3ccc(Oc4ccn5ccnc5c4)c(F)c3)c2c1. The normalized spacial score (nSPS) is 10.6. The summed E-state index contributed by atoms with van der Waals surface area (Å²) < 4.78 is 22.4. The molecular formula is C26H19FN6O3. The van der Waals surface area contributed by atoms with Gasteiger partial charge in [-0.3, -0.25) is 4.79 Å². The van der Waals surface area contributed by atoms with Crippen molar-refractivity contribution in [2.24, 2.45) is 0 Å². The number of carbonyl (C=O) groups is 1. The molecule has 0 aliphatic rings. The molecule has 178 valence electrons. The summed E-state index contributed by atoms with van der Waals surface area (Å²) in [6, 6.07) is 13.1. The Morgan fingerprint density at radius 1 is 1.06 bits per heavy atom. The van der Waals surface area contributed by atoms with Crippen LogP contribution in [0.3, 0.4) is 0 Å². The van der Waals surface area contributed by atoms with E-state index >= 15 is 0 Å². The number of aromatic nitrogens is 4. The Morgan fingerprint density at radius 2 is 1.94 bits per heavy atom. The van der Waals surface area contributed by atoms with E-state index in [1.807, 2.05) is 4.40 Å². The zero-order valence-corrected chi connectivity index (χ0v) is 18.8. The first-order valence-corrected chi connectivity index (χ1v) is 10.9. The van der Waals surface area contributed by atoms with E-state index in [1.165, 1.54) is 18.5 Å². The molecule has 3 aromatic heterocycles. The van der Waals surface area contributed by atoms with Crippen molar-refractivity contribution in [2.45, 2.75) is 6.42 Å². The van der Waals surface area contributed by atoms with Crippen molar-refractivity contribution in [1.29, 1.82) is 0 Å². The number of nitrogens with zero attached hydrogens (tertiary/aromatic N) is 4. The second-order valence-corrected chi connectivity index (χ2v) is 7.61. The number of rotatable bonds is 6. The van der Waals surface area contributed by atoms with E-state index in [0.717, 1.165) is 0 Å². The van der Waals surface area contributed by atoms with Crippen molar-refractivity contribution in [3.8, 4) is 23.3 Å². The lowest BCUT2D eigenvalue weighted by atomic mass is 10.2. The van der Waals surface area contributed by atoms with E-state index in [0.29, 0.717) is 39.5 Å². The van der Waals surface area contributed by atoms with Gasteiger partial charge in [0.05, 0.1) is 12.1 Å². The number of nitrogens with one attached hydrogen (secondary N) is 2. The third-order valence-electron chi connectivity index (χ3n) is 5.12. The van der Waals surface area contributed by atoms with E-state index in [2.05, 4.69) is 37.4 Å². The van der Waals surface area contributed by atoms with Crippen LogP contribution < -0.4 is 15.4 Å². The maximum Gasteiger partial charge on any atom is 0.300 e. The molecule has 9 nitrogen and oxygen atoms in total. The molecule has 0 spiro atoms. The van der Waals surface area contributed by atoms with Gasteiger partial charge in [-0.25, -0.2) is 19.3 Å². The minimum absolute atomic E-state index is 0.0660. The van der Waals surface area contributed by atoms with Crippen molar-refractivity contribution in [2.75, 3.05) is 17.2 Å². The maximum absolute atomic E-state index is 14.8. The molecule has 0 unspecified atom stereocenters. The summed E-state index contributed by atoms with van der Waals surface area (Å²) >= 11 is 0. The molecule has 0 aliphatic heterocycles. The van der Waals surface area contributed by atoms with Gasteiger partial charge in [0.25, 0.3) is 5.91 Å². The van der Waals surface area contributed by atoms with Gasteiger partial charge in [0.1, 0.15) is 23.5 Å². The molecule has 0 fully saturated rings. The van der Waals surface area contributed by atoms with Crippen LogP contribution in [-0.2, 0) is 4.79 Å². The minimum Gasteiger partial charge on any atom is -0.454 e. The highest BCUT2D eigenvalue weighted by Gasteiger charge is 2.11. The molecule has 0 saturated carbocycles. The Labute approximate surface area is 204 Å². The number of halogens is 1. The number of anilines is 3. The predicted molar refractivity (Wildman–Crippen MR) is 133 cm³/mol. The quantitative estimate of drug-likeness (QED) is 0.310. The molecule has 2 aromatic carbocycles. The first-order valence-electron chi connectivity index (χ1n) is 10.9. The fraction of sp³-hybridized carbons (Fsp3) is 0.0769. The number of imidazole rings is 1. The fourth-order valence-corrected chi connectivity index (χ4v) is 3.48. The van der Waals surface area contributed by atoms with Crippen LogP contribution in [-0.4, -0.2) is 37.0 Å². The van der Waals surface area contributed by atoms with Crippen LogP contribution in [0, 0.1) is 17.7 Å². The molecule has 0 saturated heterocycles. The smallest absolute Gasteiger partial charge is 0.300 e. The van der Waals surface area contributed by atoms with Gasteiger partial charge in [0, 0.05) is 53.9 Å². The third-order valence-corrected chi connectivity index (χ3v) is 5.12. The molecule has 36 heavy (non-hydrogen) atoms. The molecule has 10 heteroatoms. The Bertz CT molecular complexity index is 1640. The molecule has 0 aliphatic carbocycles. The van der Waals surface area contributed by atoms with Gasteiger partial charge in [0.2, 0.25) is 0 Å². The summed E-state index contributed by atoms with van der Waals surface area (Å²) in [6.07, 6.45) is 6.86. The number of ether oxygens (including phenoxy) is 1. The van der Waals surface area contributed by atoms with Crippen LogP contribution in [0.5, 0.6) is 11.5 Å². The summed E-state index contributed by atoms with van der Waals surface area (Å²) in [5, 5.41) is 15.2. The topological polar surface area (TPSA) is 114 Å². The van der Waals surface area contributed by atoms with Crippen molar-refractivity contribution < 1.29 is 19.0 Å². The first-order chi connectivity index (χ1) is 17.6. The molecule has 0 bridgehead atoms. The lowest BCUT2D eigenvalue weighted by Gasteiger charge is -2.12. The van der Waals surface area contributed by atoms with Crippen molar-refractivity contribution >= 4 is 39.6 Å². The van der Waals surface area contributed by atoms with Gasteiger partial charge in [-0.1, -0.05) is 5.92 Å². The Kier molecular flexibility index (Phi) is 6.38. The van der Waals surface area contributed by atoms with Crippen LogP contribution >= 0.6 is 0 Å². The Morgan fingerprint density at radius 3 is 2.81 bits per heavy atom. The predicted octanol–water partition coefficient (Wildman–Crippen LogP) is 4.28. The van der Waals surface area contributed by atoms with E-state index in [-0.39, 0.29) is 18.8 Å². The van der Waals surface area contributed by atoms with Gasteiger partial charge in [-0.15, -0.1) is 0 Å². The fourth-order valence-electron chi connectivity index (χ4n) is 3.48. The molecule has 0 radical (unpaired) electrons. The van der Waals surface area contributed by atoms with Crippen molar-refractivity contribution in [1.82, 2.24) is 19.4 Å². The number of hydrogen-bond acceptors (Lipinski definition) is 7. The van der Waals surface area contributed by atoms with Crippen LogP contribution in [0.1, 0.15) is 6.42 Å². The van der Waals surface area contributed by atoms with Gasteiger partial charge >= 0.3 is 0 Å². The Hall–Kier alpha value is -5.01. The lowest BCUT2D eigenvalue weighted by molar-refractivity contribution is -0.111. The molecule has 3 heterocycles. The monoisotopic (exact) mass is 482 g/mol.